The van der Waals surface area contributed by atoms with Crippen LogP contribution in [0.5, 0.6) is 0 Å². The van der Waals surface area contributed by atoms with Crippen LogP contribution >= 0.6 is 0 Å². The number of amides is 2. The Morgan fingerprint density at radius 1 is 1.00 bits per heavy atom. The smallest absolute Gasteiger partial charge is 0.267 e. The molecule has 0 atom stereocenters. The van der Waals surface area contributed by atoms with Crippen LogP contribution in [0, 0.1) is 0 Å². The van der Waals surface area contributed by atoms with Crippen LogP contribution in [0.3, 0.4) is 0 Å². The number of benzene rings is 2. The third-order valence-electron chi connectivity index (χ3n) is 3.93. The highest BCUT2D eigenvalue weighted by molar-refractivity contribution is 5.99. The Labute approximate surface area is 161 Å². The molecule has 2 amide bonds. The quantitative estimate of drug-likeness (QED) is 0.755. The number of rotatable bonds is 3. The maximum absolute atomic E-state index is 12.9. The molecule has 4 nitrogen and oxygen atoms in total. The van der Waals surface area contributed by atoms with Crippen molar-refractivity contribution in [2.45, 2.75) is 32.5 Å². The molecule has 28 heavy (non-hydrogen) atoms. The second kappa shape index (κ2) is 7.88. The van der Waals surface area contributed by atoms with Gasteiger partial charge in [0.25, 0.3) is 11.8 Å². The first kappa shape index (κ1) is 21.2. The Balaban J connectivity index is 2.28. The van der Waals surface area contributed by atoms with Crippen molar-refractivity contribution in [3.05, 3.63) is 77.4 Å². The molecule has 0 aliphatic rings. The summed E-state index contributed by atoms with van der Waals surface area (Å²) in [6, 6.07) is 10.5. The van der Waals surface area contributed by atoms with E-state index < -0.39 is 29.1 Å². The van der Waals surface area contributed by atoms with E-state index in [1.807, 2.05) is 0 Å². The molecule has 0 spiro atoms. The lowest BCUT2D eigenvalue weighted by Gasteiger charge is -2.35. The molecule has 148 valence electrons. The van der Waals surface area contributed by atoms with Crippen molar-refractivity contribution >= 4 is 17.9 Å². The molecular formula is C21H21F3N2O2. The van der Waals surface area contributed by atoms with Gasteiger partial charge in [-0.2, -0.15) is 13.2 Å². The Morgan fingerprint density at radius 3 is 2.11 bits per heavy atom. The molecule has 1 N–H and O–H groups in total. The van der Waals surface area contributed by atoms with Gasteiger partial charge in [0, 0.05) is 11.1 Å². The van der Waals surface area contributed by atoms with Gasteiger partial charge < -0.3 is 0 Å². The molecule has 7 heteroatoms. The van der Waals surface area contributed by atoms with Gasteiger partial charge >= 0.3 is 6.18 Å². The second-order valence-electron chi connectivity index (χ2n) is 7.16. The lowest BCUT2D eigenvalue weighted by atomic mass is 10.0. The van der Waals surface area contributed by atoms with Gasteiger partial charge in [-0.1, -0.05) is 24.8 Å². The van der Waals surface area contributed by atoms with Gasteiger partial charge in [-0.05, 0) is 62.7 Å². The molecule has 0 aliphatic heterocycles. The summed E-state index contributed by atoms with van der Waals surface area (Å²) in [7, 11) is 0. The number of carbonyl (C=O) groups excluding carboxylic acids is 2. The molecule has 0 aliphatic carbocycles. The Kier molecular flexibility index (Phi) is 5.97. The van der Waals surface area contributed by atoms with E-state index in [-0.39, 0.29) is 5.56 Å². The molecule has 0 radical (unpaired) electrons. The largest absolute Gasteiger partial charge is 0.416 e. The first-order valence-electron chi connectivity index (χ1n) is 8.49. The summed E-state index contributed by atoms with van der Waals surface area (Å²) in [4.78, 5) is 25.5. The molecule has 2 aromatic rings. The van der Waals surface area contributed by atoms with Gasteiger partial charge in [0.15, 0.2) is 0 Å². The standard InChI is InChI=1S/C21H21F3N2O2/c1-5-14-7-6-8-16(13-14)19(28)26(20(2,3)4)25-18(27)15-9-11-17(12-10-15)21(22,23)24/h5-13H,1H2,2-4H3,(H,25,27). The highest BCUT2D eigenvalue weighted by atomic mass is 19.4. The zero-order valence-electron chi connectivity index (χ0n) is 15.8. The summed E-state index contributed by atoms with van der Waals surface area (Å²) >= 11 is 0. The third kappa shape index (κ3) is 5.00. The predicted octanol–water partition coefficient (Wildman–Crippen LogP) is 4.93. The number of carbonyl (C=O) groups is 2. The van der Waals surface area contributed by atoms with Gasteiger partial charge in [0.1, 0.15) is 0 Å². The fraction of sp³-hybridized carbons (Fsp3) is 0.238. The van der Waals surface area contributed by atoms with Crippen LogP contribution in [0.15, 0.2) is 55.1 Å². The molecule has 0 unspecified atom stereocenters. The van der Waals surface area contributed by atoms with E-state index in [2.05, 4.69) is 12.0 Å². The van der Waals surface area contributed by atoms with Gasteiger partial charge in [-0.3, -0.25) is 15.0 Å². The SMILES string of the molecule is C=Cc1cccc(C(=O)N(NC(=O)c2ccc(C(F)(F)F)cc2)C(C)(C)C)c1. The second-order valence-corrected chi connectivity index (χ2v) is 7.16. The minimum atomic E-state index is -4.49. The number of nitrogens with one attached hydrogen (secondary N) is 1. The van der Waals surface area contributed by atoms with E-state index in [9.17, 15) is 22.8 Å². The van der Waals surface area contributed by atoms with Crippen LogP contribution in [-0.2, 0) is 6.18 Å². The zero-order valence-corrected chi connectivity index (χ0v) is 15.8. The molecule has 0 bridgehead atoms. The normalized spacial score (nSPS) is 11.6. The zero-order chi connectivity index (χ0) is 21.1. The number of halogens is 3. The number of nitrogens with zero attached hydrogens (tertiary/aromatic N) is 1. The predicted molar refractivity (Wildman–Crippen MR) is 101 cm³/mol. The van der Waals surface area contributed by atoms with Crippen molar-refractivity contribution < 1.29 is 22.8 Å². The lowest BCUT2D eigenvalue weighted by molar-refractivity contribution is -0.137. The van der Waals surface area contributed by atoms with E-state index >= 15 is 0 Å². The first-order chi connectivity index (χ1) is 12.9. The monoisotopic (exact) mass is 390 g/mol. The van der Waals surface area contributed by atoms with Crippen LogP contribution in [0.2, 0.25) is 0 Å². The third-order valence-corrected chi connectivity index (χ3v) is 3.93. The number of hydrogen-bond acceptors (Lipinski definition) is 2. The number of alkyl halides is 3. The first-order valence-corrected chi connectivity index (χ1v) is 8.49. The average Bonchev–Trinajstić information content (AvgIpc) is 2.64. The molecule has 2 rings (SSSR count). The highest BCUT2D eigenvalue weighted by Gasteiger charge is 2.32. The summed E-state index contributed by atoms with van der Waals surface area (Å²) in [6.07, 6.45) is -2.89. The van der Waals surface area contributed by atoms with Crippen molar-refractivity contribution in [1.82, 2.24) is 10.4 Å². The molecule has 0 heterocycles. The Morgan fingerprint density at radius 2 is 1.61 bits per heavy atom. The van der Waals surface area contributed by atoms with Crippen molar-refractivity contribution in [3.8, 4) is 0 Å². The number of hydrogen-bond donors (Lipinski definition) is 1. The molecule has 0 saturated heterocycles. The minimum Gasteiger partial charge on any atom is -0.267 e. The maximum atomic E-state index is 12.9. The van der Waals surface area contributed by atoms with Gasteiger partial charge in [0.2, 0.25) is 0 Å². The van der Waals surface area contributed by atoms with Crippen LogP contribution in [0.4, 0.5) is 13.2 Å². The van der Waals surface area contributed by atoms with Crippen molar-refractivity contribution in [3.63, 3.8) is 0 Å². The van der Waals surface area contributed by atoms with Crippen molar-refractivity contribution in [2.24, 2.45) is 0 Å². The van der Waals surface area contributed by atoms with E-state index in [0.717, 1.165) is 34.8 Å². The minimum absolute atomic E-state index is 0.00916. The summed E-state index contributed by atoms with van der Waals surface area (Å²) in [5, 5.41) is 1.16. The fourth-order valence-electron chi connectivity index (χ4n) is 2.43. The molecule has 0 fully saturated rings. The summed E-state index contributed by atoms with van der Waals surface area (Å²) in [5.41, 5.74) is 1.98. The van der Waals surface area contributed by atoms with Gasteiger partial charge in [-0.25, -0.2) is 5.01 Å². The Hall–Kier alpha value is -3.09. The van der Waals surface area contributed by atoms with Crippen molar-refractivity contribution in [2.75, 3.05) is 0 Å². The summed E-state index contributed by atoms with van der Waals surface area (Å²) < 4.78 is 38.0. The van der Waals surface area contributed by atoms with E-state index in [1.165, 1.54) is 0 Å². The molecule has 0 aromatic heterocycles. The maximum Gasteiger partial charge on any atom is 0.416 e. The van der Waals surface area contributed by atoms with Crippen LogP contribution in [0.25, 0.3) is 6.08 Å². The molecule has 0 saturated carbocycles. The van der Waals surface area contributed by atoms with Gasteiger partial charge in [-0.15, -0.1) is 0 Å². The number of hydrazine groups is 1. The average molecular weight is 390 g/mol. The fourth-order valence-corrected chi connectivity index (χ4v) is 2.43. The molecule has 2 aromatic carbocycles. The van der Waals surface area contributed by atoms with Crippen LogP contribution in [0.1, 0.15) is 52.6 Å². The summed E-state index contributed by atoms with van der Waals surface area (Å²) in [6.45, 7) is 8.86. The summed E-state index contributed by atoms with van der Waals surface area (Å²) in [5.74, 6) is -1.13. The van der Waals surface area contributed by atoms with E-state index in [1.54, 1.807) is 51.1 Å². The topological polar surface area (TPSA) is 49.4 Å². The van der Waals surface area contributed by atoms with Crippen LogP contribution < -0.4 is 5.43 Å². The van der Waals surface area contributed by atoms with E-state index in [4.69, 9.17) is 0 Å². The van der Waals surface area contributed by atoms with E-state index in [0.29, 0.717) is 5.56 Å². The van der Waals surface area contributed by atoms with Crippen LogP contribution in [-0.4, -0.2) is 22.4 Å². The highest BCUT2D eigenvalue weighted by Crippen LogP contribution is 2.29. The molecular weight excluding hydrogens is 369 g/mol. The van der Waals surface area contributed by atoms with Crippen molar-refractivity contribution in [1.29, 1.82) is 0 Å². The lowest BCUT2D eigenvalue weighted by Crippen LogP contribution is -2.55. The Bertz CT molecular complexity index is 882. The van der Waals surface area contributed by atoms with Gasteiger partial charge in [0.05, 0.1) is 11.1 Å².